The number of aryl methyl sites for hydroxylation is 1. The number of hydrogen-bond acceptors (Lipinski definition) is 3. The van der Waals surface area contributed by atoms with E-state index in [0.717, 1.165) is 30.4 Å². The van der Waals surface area contributed by atoms with Crippen LogP contribution in [0.5, 0.6) is 5.75 Å². The van der Waals surface area contributed by atoms with Gasteiger partial charge in [-0.3, -0.25) is 4.79 Å². The number of hydrogen-bond donors (Lipinski definition) is 1. The number of aromatic nitrogens is 1. The molecule has 0 spiro atoms. The number of rotatable bonds is 4. The summed E-state index contributed by atoms with van der Waals surface area (Å²) in [5.41, 5.74) is 7.58. The first kappa shape index (κ1) is 19.2. The molecule has 1 aliphatic rings. The topological polar surface area (TPSA) is 57.2 Å². The number of pyridine rings is 1. The Morgan fingerprint density at radius 3 is 2.45 bits per heavy atom. The minimum Gasteiger partial charge on any atom is -0.461 e. The normalized spacial score (nSPS) is 13.7. The van der Waals surface area contributed by atoms with Gasteiger partial charge in [0.05, 0.1) is 22.5 Å². The van der Waals surface area contributed by atoms with Gasteiger partial charge in [-0.2, -0.15) is 0 Å². The molecule has 0 aliphatic heterocycles. The first-order valence-corrected chi connectivity index (χ1v) is 9.47. The van der Waals surface area contributed by atoms with E-state index < -0.39 is 11.6 Å². The molecule has 1 saturated carbocycles. The molecule has 1 fully saturated rings. The molecule has 2 aromatic carbocycles. The number of nitrogen functional groups attached to an aromatic ring is 1. The van der Waals surface area contributed by atoms with E-state index in [-0.39, 0.29) is 22.9 Å². The van der Waals surface area contributed by atoms with Crippen molar-refractivity contribution in [1.82, 2.24) is 4.57 Å². The van der Waals surface area contributed by atoms with Gasteiger partial charge in [-0.05, 0) is 56.9 Å². The number of fused-ring (bicyclic) bond motifs is 1. The molecule has 1 aromatic heterocycles. The van der Waals surface area contributed by atoms with Crippen molar-refractivity contribution in [1.29, 1.82) is 0 Å². The number of ether oxygens (including phenoxy) is 1. The zero-order valence-electron chi connectivity index (χ0n) is 16.6. The van der Waals surface area contributed by atoms with Gasteiger partial charge in [0.15, 0.2) is 0 Å². The fourth-order valence-electron chi connectivity index (χ4n) is 3.82. The molecule has 0 amide bonds. The number of nitrogens with zero attached hydrogens (tertiary/aromatic N) is 1. The van der Waals surface area contributed by atoms with Gasteiger partial charge in [-0.25, -0.2) is 8.78 Å². The summed E-state index contributed by atoms with van der Waals surface area (Å²) >= 11 is 0. The smallest absolute Gasteiger partial charge is 0.257 e. The molecule has 0 atom stereocenters. The van der Waals surface area contributed by atoms with Crippen LogP contribution < -0.4 is 16.0 Å². The molecule has 0 unspecified atom stereocenters. The summed E-state index contributed by atoms with van der Waals surface area (Å²) in [4.78, 5) is 13.1. The Kier molecular flexibility index (Phi) is 4.45. The summed E-state index contributed by atoms with van der Waals surface area (Å²) in [5, 5.41) is 0.745. The quantitative estimate of drug-likeness (QED) is 0.475. The highest BCUT2D eigenvalue weighted by Crippen LogP contribution is 2.42. The molecule has 4 rings (SSSR count). The Balaban J connectivity index is 2.10. The molecule has 150 valence electrons. The lowest BCUT2D eigenvalue weighted by molar-refractivity contribution is 0.430. The third-order valence-corrected chi connectivity index (χ3v) is 5.36. The third kappa shape index (κ3) is 3.09. The predicted octanol–water partition coefficient (Wildman–Crippen LogP) is 5.39. The summed E-state index contributed by atoms with van der Waals surface area (Å²) in [6.07, 6.45) is 1.81. The monoisotopic (exact) mass is 396 g/mol. The van der Waals surface area contributed by atoms with Gasteiger partial charge in [-0.1, -0.05) is 12.6 Å². The van der Waals surface area contributed by atoms with Crippen LogP contribution in [-0.4, -0.2) is 4.57 Å². The maximum absolute atomic E-state index is 14.6. The van der Waals surface area contributed by atoms with Crippen molar-refractivity contribution in [3.63, 3.8) is 0 Å². The maximum Gasteiger partial charge on any atom is 0.257 e. The van der Waals surface area contributed by atoms with E-state index in [4.69, 9.17) is 10.5 Å². The van der Waals surface area contributed by atoms with Gasteiger partial charge < -0.3 is 15.0 Å². The summed E-state index contributed by atoms with van der Waals surface area (Å²) < 4.78 is 36.2. The van der Waals surface area contributed by atoms with E-state index in [0.29, 0.717) is 33.7 Å². The van der Waals surface area contributed by atoms with E-state index in [9.17, 15) is 13.6 Å². The SMILES string of the molecule is C=C(C)Oc1c(C)c(=O)n(C2CC2)c2c(C)c(-c3cc(F)c(N)cc3F)ccc12. The first-order chi connectivity index (χ1) is 13.7. The van der Waals surface area contributed by atoms with Gasteiger partial charge >= 0.3 is 0 Å². The molecular formula is C23H22F2N2O2. The molecule has 2 N–H and O–H groups in total. The van der Waals surface area contributed by atoms with Crippen LogP contribution in [-0.2, 0) is 0 Å². The van der Waals surface area contributed by atoms with Gasteiger partial charge in [0.1, 0.15) is 17.4 Å². The second-order valence-electron chi connectivity index (χ2n) is 7.65. The average Bonchev–Trinajstić information content (AvgIpc) is 3.48. The zero-order chi connectivity index (χ0) is 21.0. The van der Waals surface area contributed by atoms with Crippen LogP contribution in [0.4, 0.5) is 14.5 Å². The van der Waals surface area contributed by atoms with Crippen molar-refractivity contribution in [2.24, 2.45) is 0 Å². The zero-order valence-corrected chi connectivity index (χ0v) is 16.6. The van der Waals surface area contributed by atoms with Gasteiger partial charge in [-0.15, -0.1) is 0 Å². The Bertz CT molecular complexity index is 1240. The van der Waals surface area contributed by atoms with Crippen LogP contribution in [0, 0.1) is 25.5 Å². The van der Waals surface area contributed by atoms with Crippen LogP contribution in [0.1, 0.15) is 36.9 Å². The second kappa shape index (κ2) is 6.72. The number of allylic oxidation sites excluding steroid dienone is 1. The molecular weight excluding hydrogens is 374 g/mol. The number of anilines is 1. The van der Waals surface area contributed by atoms with Crippen LogP contribution in [0.25, 0.3) is 22.0 Å². The van der Waals surface area contributed by atoms with Crippen molar-refractivity contribution in [3.05, 3.63) is 69.7 Å². The van der Waals surface area contributed by atoms with Crippen molar-refractivity contribution < 1.29 is 13.5 Å². The Labute approximate surface area is 167 Å². The summed E-state index contributed by atoms with van der Waals surface area (Å²) in [5.74, 6) is -0.382. The molecule has 0 saturated heterocycles. The Hall–Kier alpha value is -3.15. The fourth-order valence-corrected chi connectivity index (χ4v) is 3.82. The number of halogens is 2. The minimum absolute atomic E-state index is 0.101. The molecule has 0 bridgehead atoms. The molecule has 0 radical (unpaired) electrons. The van der Waals surface area contributed by atoms with Crippen LogP contribution in [0.3, 0.4) is 0 Å². The van der Waals surface area contributed by atoms with Gasteiger partial charge in [0.2, 0.25) is 0 Å². The van der Waals surface area contributed by atoms with E-state index in [2.05, 4.69) is 6.58 Å². The molecule has 29 heavy (non-hydrogen) atoms. The third-order valence-electron chi connectivity index (χ3n) is 5.36. The Morgan fingerprint density at radius 2 is 1.83 bits per heavy atom. The van der Waals surface area contributed by atoms with E-state index >= 15 is 0 Å². The van der Waals surface area contributed by atoms with Crippen molar-refractivity contribution in [3.8, 4) is 16.9 Å². The van der Waals surface area contributed by atoms with Crippen molar-refractivity contribution in [2.75, 3.05) is 5.73 Å². The van der Waals surface area contributed by atoms with Crippen LogP contribution in [0.15, 0.2) is 41.4 Å². The maximum atomic E-state index is 14.6. The lowest BCUT2D eigenvalue weighted by Gasteiger charge is -2.20. The highest BCUT2D eigenvalue weighted by atomic mass is 19.1. The van der Waals surface area contributed by atoms with Crippen molar-refractivity contribution >= 4 is 16.6 Å². The van der Waals surface area contributed by atoms with E-state index in [1.54, 1.807) is 30.5 Å². The summed E-state index contributed by atoms with van der Waals surface area (Å²) in [7, 11) is 0. The molecule has 3 aromatic rings. The summed E-state index contributed by atoms with van der Waals surface area (Å²) in [6, 6.07) is 5.68. The van der Waals surface area contributed by atoms with Crippen LogP contribution >= 0.6 is 0 Å². The Morgan fingerprint density at radius 1 is 1.14 bits per heavy atom. The molecule has 4 nitrogen and oxygen atoms in total. The highest BCUT2D eigenvalue weighted by Gasteiger charge is 2.30. The van der Waals surface area contributed by atoms with Gasteiger partial charge in [0, 0.05) is 23.1 Å². The molecule has 6 heteroatoms. The average molecular weight is 396 g/mol. The van der Waals surface area contributed by atoms with E-state index in [1.165, 1.54) is 0 Å². The first-order valence-electron chi connectivity index (χ1n) is 9.47. The van der Waals surface area contributed by atoms with E-state index in [1.807, 2.05) is 6.92 Å². The van der Waals surface area contributed by atoms with Gasteiger partial charge in [0.25, 0.3) is 5.56 Å². The lowest BCUT2D eigenvalue weighted by Crippen LogP contribution is -2.23. The minimum atomic E-state index is -0.685. The number of benzene rings is 2. The standard InChI is InChI=1S/C23H22F2N2O2/c1-11(2)29-22-13(4)23(28)27(14-5-6-14)21-12(3)15(7-8-16(21)22)17-9-19(25)20(26)10-18(17)24/h7-10,14H,1,5-6,26H2,2-4H3. The predicted molar refractivity (Wildman–Crippen MR) is 111 cm³/mol. The fraction of sp³-hybridized carbons (Fsp3) is 0.261. The molecule has 1 heterocycles. The highest BCUT2D eigenvalue weighted by molar-refractivity contribution is 5.94. The molecule has 1 aliphatic carbocycles. The lowest BCUT2D eigenvalue weighted by atomic mass is 9.95. The number of nitrogens with two attached hydrogens (primary N) is 1. The largest absolute Gasteiger partial charge is 0.461 e. The summed E-state index contributed by atoms with van der Waals surface area (Å²) in [6.45, 7) is 9.04. The van der Waals surface area contributed by atoms with Crippen LogP contribution in [0.2, 0.25) is 0 Å². The second-order valence-corrected chi connectivity index (χ2v) is 7.65. The van der Waals surface area contributed by atoms with Crippen molar-refractivity contribution in [2.45, 2.75) is 39.7 Å².